The first kappa shape index (κ1) is 9.32. The highest BCUT2D eigenvalue weighted by Gasteiger charge is 2.08. The van der Waals surface area contributed by atoms with Crippen LogP contribution in [0, 0.1) is 13.8 Å². The van der Waals surface area contributed by atoms with Crippen molar-refractivity contribution in [2.75, 3.05) is 5.33 Å². The molecule has 0 fully saturated rings. The maximum atomic E-state index is 11.3. The van der Waals surface area contributed by atoms with Crippen LogP contribution in [0.25, 0.3) is 0 Å². The first-order valence-electron chi connectivity index (χ1n) is 3.55. The van der Waals surface area contributed by atoms with Gasteiger partial charge in [-0.1, -0.05) is 15.9 Å². The van der Waals surface area contributed by atoms with Gasteiger partial charge < -0.3 is 0 Å². The number of carbonyl (C=O) groups excluding carboxylic acids is 1. The molecule has 0 radical (unpaired) electrons. The van der Waals surface area contributed by atoms with Crippen molar-refractivity contribution < 1.29 is 4.79 Å². The predicted molar refractivity (Wildman–Crippen MR) is 49.6 cm³/mol. The summed E-state index contributed by atoms with van der Waals surface area (Å²) in [6.45, 7) is 3.60. The van der Waals surface area contributed by atoms with E-state index in [4.69, 9.17) is 0 Å². The molecule has 0 aliphatic rings. The summed E-state index contributed by atoms with van der Waals surface area (Å²) in [6.07, 6.45) is 0. The maximum absolute atomic E-state index is 11.3. The van der Waals surface area contributed by atoms with Gasteiger partial charge in [-0.25, -0.2) is 0 Å². The van der Waals surface area contributed by atoms with E-state index in [0.717, 1.165) is 5.69 Å². The maximum Gasteiger partial charge on any atom is 0.175 e. The Labute approximate surface area is 79.3 Å². The summed E-state index contributed by atoms with van der Waals surface area (Å²) in [7, 11) is 0. The van der Waals surface area contributed by atoms with E-state index < -0.39 is 0 Å². The molecule has 0 atom stereocenters. The van der Waals surface area contributed by atoms with Crippen LogP contribution in [0.4, 0.5) is 0 Å². The molecule has 0 N–H and O–H groups in total. The number of halogens is 1. The van der Waals surface area contributed by atoms with Crippen LogP contribution in [-0.2, 0) is 0 Å². The minimum absolute atomic E-state index is 0.0468. The minimum Gasteiger partial charge on any atom is -0.293 e. The van der Waals surface area contributed by atoms with Gasteiger partial charge in [0.15, 0.2) is 5.78 Å². The van der Waals surface area contributed by atoms with Gasteiger partial charge in [0.2, 0.25) is 0 Å². The molecule has 0 bridgehead atoms. The molecular formula is C8H9BrN2O. The number of ketones is 1. The number of hydrogen-bond donors (Lipinski definition) is 0. The number of rotatable bonds is 2. The third-order valence-electron chi connectivity index (χ3n) is 1.52. The zero-order valence-corrected chi connectivity index (χ0v) is 8.55. The van der Waals surface area contributed by atoms with E-state index in [2.05, 4.69) is 26.1 Å². The van der Waals surface area contributed by atoms with E-state index in [9.17, 15) is 4.79 Å². The molecule has 0 aromatic carbocycles. The Morgan fingerprint density at radius 3 is 2.75 bits per heavy atom. The summed E-state index contributed by atoms with van der Waals surface area (Å²) in [5.74, 6) is 0.0468. The Morgan fingerprint density at radius 2 is 2.17 bits per heavy atom. The number of aryl methyl sites for hydroxylation is 2. The lowest BCUT2D eigenvalue weighted by molar-refractivity contribution is 0.102. The number of hydrogen-bond acceptors (Lipinski definition) is 3. The van der Waals surface area contributed by atoms with E-state index in [1.54, 1.807) is 13.0 Å². The van der Waals surface area contributed by atoms with E-state index in [1.807, 2.05) is 6.92 Å². The number of aromatic nitrogens is 2. The fourth-order valence-corrected chi connectivity index (χ4v) is 1.21. The van der Waals surface area contributed by atoms with Crippen molar-refractivity contribution in [2.24, 2.45) is 0 Å². The number of carbonyl (C=O) groups is 1. The molecule has 64 valence electrons. The second kappa shape index (κ2) is 3.76. The molecule has 12 heavy (non-hydrogen) atoms. The number of alkyl halides is 1. The molecular weight excluding hydrogens is 220 g/mol. The first-order chi connectivity index (χ1) is 5.65. The standard InChI is InChI=1S/C8H9BrN2O/c1-5-3-7(8(12)4-9)6(2)11-10-5/h3H,4H2,1-2H3. The summed E-state index contributed by atoms with van der Waals surface area (Å²) in [5.41, 5.74) is 2.11. The second-order valence-electron chi connectivity index (χ2n) is 2.54. The van der Waals surface area contributed by atoms with Crippen molar-refractivity contribution in [2.45, 2.75) is 13.8 Å². The normalized spacial score (nSPS) is 9.92. The monoisotopic (exact) mass is 228 g/mol. The summed E-state index contributed by atoms with van der Waals surface area (Å²) in [5, 5.41) is 8.03. The van der Waals surface area contributed by atoms with Gasteiger partial charge in [0.25, 0.3) is 0 Å². The first-order valence-corrected chi connectivity index (χ1v) is 4.67. The fraction of sp³-hybridized carbons (Fsp3) is 0.375. The average Bonchev–Trinajstić information content (AvgIpc) is 2.08. The summed E-state index contributed by atoms with van der Waals surface area (Å²) in [6, 6.07) is 1.76. The topological polar surface area (TPSA) is 42.9 Å². The average molecular weight is 229 g/mol. The highest BCUT2D eigenvalue weighted by atomic mass is 79.9. The predicted octanol–water partition coefficient (Wildman–Crippen LogP) is 1.67. The van der Waals surface area contributed by atoms with Gasteiger partial charge in [0.05, 0.1) is 16.7 Å². The number of Topliss-reactive ketones (excluding diaryl/α,β-unsaturated/α-hetero) is 1. The Bertz CT molecular complexity index is 312. The lowest BCUT2D eigenvalue weighted by Crippen LogP contribution is -2.06. The Kier molecular flexibility index (Phi) is 2.92. The van der Waals surface area contributed by atoms with E-state index in [-0.39, 0.29) is 5.78 Å². The third-order valence-corrected chi connectivity index (χ3v) is 2.03. The van der Waals surface area contributed by atoms with Crippen molar-refractivity contribution >= 4 is 21.7 Å². The molecule has 0 aliphatic heterocycles. The van der Waals surface area contributed by atoms with Crippen LogP contribution in [-0.4, -0.2) is 21.3 Å². The van der Waals surface area contributed by atoms with Crippen LogP contribution in [0.1, 0.15) is 21.7 Å². The van der Waals surface area contributed by atoms with Gasteiger partial charge >= 0.3 is 0 Å². The SMILES string of the molecule is Cc1cc(C(=O)CBr)c(C)nn1. The molecule has 1 aromatic heterocycles. The molecule has 1 aromatic rings. The van der Waals surface area contributed by atoms with Crippen molar-refractivity contribution in [1.82, 2.24) is 10.2 Å². The van der Waals surface area contributed by atoms with E-state index in [1.165, 1.54) is 0 Å². The molecule has 0 saturated carbocycles. The second-order valence-corrected chi connectivity index (χ2v) is 3.10. The lowest BCUT2D eigenvalue weighted by atomic mass is 10.1. The van der Waals surface area contributed by atoms with Crippen LogP contribution in [0.3, 0.4) is 0 Å². The molecule has 1 rings (SSSR count). The zero-order chi connectivity index (χ0) is 9.14. The molecule has 3 nitrogen and oxygen atoms in total. The van der Waals surface area contributed by atoms with Gasteiger partial charge in [-0.15, -0.1) is 0 Å². The summed E-state index contributed by atoms with van der Waals surface area (Å²) >= 11 is 3.11. The molecule has 0 amide bonds. The summed E-state index contributed by atoms with van der Waals surface area (Å²) < 4.78 is 0. The van der Waals surface area contributed by atoms with Gasteiger partial charge in [-0.2, -0.15) is 10.2 Å². The van der Waals surface area contributed by atoms with E-state index in [0.29, 0.717) is 16.6 Å². The summed E-state index contributed by atoms with van der Waals surface area (Å²) in [4.78, 5) is 11.3. The largest absolute Gasteiger partial charge is 0.293 e. The highest BCUT2D eigenvalue weighted by molar-refractivity contribution is 9.09. The Hall–Kier alpha value is -0.770. The smallest absolute Gasteiger partial charge is 0.175 e. The Balaban J connectivity index is 3.13. The lowest BCUT2D eigenvalue weighted by Gasteiger charge is -2.00. The number of nitrogens with zero attached hydrogens (tertiary/aromatic N) is 2. The van der Waals surface area contributed by atoms with Crippen LogP contribution in [0.5, 0.6) is 0 Å². The third kappa shape index (κ3) is 1.88. The van der Waals surface area contributed by atoms with Crippen LogP contribution in [0.15, 0.2) is 6.07 Å². The zero-order valence-electron chi connectivity index (χ0n) is 6.97. The van der Waals surface area contributed by atoms with Crippen molar-refractivity contribution in [3.05, 3.63) is 23.0 Å². The van der Waals surface area contributed by atoms with Crippen molar-refractivity contribution in [3.8, 4) is 0 Å². The van der Waals surface area contributed by atoms with E-state index >= 15 is 0 Å². The molecule has 0 aliphatic carbocycles. The van der Waals surface area contributed by atoms with Gasteiger partial charge in [0, 0.05) is 5.56 Å². The molecule has 1 heterocycles. The van der Waals surface area contributed by atoms with Crippen LogP contribution >= 0.6 is 15.9 Å². The van der Waals surface area contributed by atoms with Gasteiger partial charge in [0.1, 0.15) is 0 Å². The molecule has 0 unspecified atom stereocenters. The van der Waals surface area contributed by atoms with Gasteiger partial charge in [-0.3, -0.25) is 4.79 Å². The molecule has 0 spiro atoms. The van der Waals surface area contributed by atoms with Crippen LogP contribution in [0.2, 0.25) is 0 Å². The minimum atomic E-state index is 0.0468. The van der Waals surface area contributed by atoms with Crippen LogP contribution < -0.4 is 0 Å². The molecule has 4 heteroatoms. The fourth-order valence-electron chi connectivity index (χ4n) is 0.904. The quantitative estimate of drug-likeness (QED) is 0.572. The Morgan fingerprint density at radius 1 is 1.50 bits per heavy atom. The highest BCUT2D eigenvalue weighted by Crippen LogP contribution is 2.07. The van der Waals surface area contributed by atoms with Gasteiger partial charge in [-0.05, 0) is 19.9 Å². The van der Waals surface area contributed by atoms with Crippen molar-refractivity contribution in [3.63, 3.8) is 0 Å². The molecule has 0 saturated heterocycles. The van der Waals surface area contributed by atoms with Crippen molar-refractivity contribution in [1.29, 1.82) is 0 Å².